The minimum Gasteiger partial charge on any atom is -0.507 e. The Bertz CT molecular complexity index is 2150. The lowest BCUT2D eigenvalue weighted by Gasteiger charge is -2.46. The van der Waals surface area contributed by atoms with Crippen molar-refractivity contribution in [2.75, 3.05) is 13.2 Å². The van der Waals surface area contributed by atoms with Crippen LogP contribution in [0.5, 0.6) is 28.7 Å². The third-order valence-electron chi connectivity index (χ3n) is 11.5. The van der Waals surface area contributed by atoms with E-state index in [9.17, 15) is 81.4 Å². The van der Waals surface area contributed by atoms with E-state index in [-0.39, 0.29) is 11.3 Å². The number of rotatable bonds is 11. The average Bonchev–Trinajstić information content (AvgIpc) is 3.26. The molecule has 4 fully saturated rings. The molecule has 0 spiro atoms. The van der Waals surface area contributed by atoms with Crippen molar-refractivity contribution in [2.45, 2.75) is 137 Å². The Morgan fingerprint density at radius 3 is 1.78 bits per heavy atom. The molecule has 25 nitrogen and oxygen atoms in total. The molecule has 3 aromatic rings. The van der Waals surface area contributed by atoms with E-state index in [1.165, 1.54) is 13.8 Å². The fraction of sp³-hybridized carbons (Fsp3) is 0.615. The first-order valence-electron chi connectivity index (χ1n) is 19.9. The summed E-state index contributed by atoms with van der Waals surface area (Å²) in [4.78, 5) is 14.5. The lowest BCUT2D eigenvalue weighted by atomic mass is 9.97. The number of benzene rings is 2. The van der Waals surface area contributed by atoms with Crippen LogP contribution < -0.4 is 14.9 Å². The van der Waals surface area contributed by atoms with Crippen LogP contribution in [0.25, 0.3) is 22.3 Å². The van der Waals surface area contributed by atoms with E-state index in [0.29, 0.717) is 0 Å². The molecule has 0 radical (unpaired) electrons. The van der Waals surface area contributed by atoms with Gasteiger partial charge in [-0.2, -0.15) is 0 Å². The lowest BCUT2D eigenvalue weighted by Crippen LogP contribution is -2.65. The van der Waals surface area contributed by atoms with Crippen molar-refractivity contribution in [3.05, 3.63) is 40.6 Å². The molecule has 0 aliphatic carbocycles. The molecule has 15 N–H and O–H groups in total. The van der Waals surface area contributed by atoms with E-state index in [2.05, 4.69) is 0 Å². The first-order valence-corrected chi connectivity index (χ1v) is 19.9. The highest BCUT2D eigenvalue weighted by Gasteiger charge is 2.53. The number of phenols is 3. The molecule has 0 bridgehead atoms. The maximum atomic E-state index is 14.5. The summed E-state index contributed by atoms with van der Waals surface area (Å²) in [6.07, 6.45) is -34.9. The van der Waals surface area contributed by atoms with E-state index in [0.717, 1.165) is 30.3 Å². The Morgan fingerprint density at radius 1 is 0.562 bits per heavy atom. The van der Waals surface area contributed by atoms with Gasteiger partial charge in [0, 0.05) is 17.7 Å². The van der Waals surface area contributed by atoms with Crippen LogP contribution in [0.15, 0.2) is 39.5 Å². The van der Waals surface area contributed by atoms with Crippen LogP contribution in [0.3, 0.4) is 0 Å². The summed E-state index contributed by atoms with van der Waals surface area (Å²) in [6.45, 7) is 1.10. The maximum absolute atomic E-state index is 14.5. The van der Waals surface area contributed by atoms with Gasteiger partial charge >= 0.3 is 0 Å². The second kappa shape index (κ2) is 19.0. The summed E-state index contributed by atoms with van der Waals surface area (Å²) in [5.74, 6) is -3.91. The van der Waals surface area contributed by atoms with E-state index in [1.807, 2.05) is 0 Å². The molecule has 5 heterocycles. The van der Waals surface area contributed by atoms with Crippen molar-refractivity contribution in [3.8, 4) is 40.1 Å². The number of aliphatic hydroxyl groups is 12. The number of ether oxygens (including phenoxy) is 8. The molecule has 2 aromatic carbocycles. The topological polar surface area (TPSA) is 408 Å². The Labute approximate surface area is 360 Å². The zero-order valence-corrected chi connectivity index (χ0v) is 33.6. The van der Waals surface area contributed by atoms with Gasteiger partial charge in [0.25, 0.3) is 0 Å². The first kappa shape index (κ1) is 47.9. The number of aliphatic hydroxyl groups excluding tert-OH is 12. The molecule has 4 aliphatic rings. The fourth-order valence-corrected chi connectivity index (χ4v) is 7.61. The minimum absolute atomic E-state index is 0.187. The van der Waals surface area contributed by atoms with Gasteiger partial charge in [-0.3, -0.25) is 4.79 Å². The van der Waals surface area contributed by atoms with E-state index in [1.54, 1.807) is 0 Å². The van der Waals surface area contributed by atoms with Gasteiger partial charge in [-0.15, -0.1) is 0 Å². The SMILES string of the molecule is C[C@@H]1O[C@@H](OC[C@H]2O[C@@H](Oc3c(-c4ccc(O)c(O)c4)oc4cc(O[C@@H]5O[C@@H](C)[C@H](O)[C@@H](O)[C@H]5O)cc(O)c4c3=O)[C@H](O[C@@H]3O[C@H](CO)[C@@H](O)[C@H](O)[C@H]3O)[C@@H](O)[C@@H]2O)[C@H](O)[C@H](O)[C@H]1O. The highest BCUT2D eigenvalue weighted by atomic mass is 16.8. The molecule has 1 aromatic heterocycles. The molecular formula is C39H50O25. The van der Waals surface area contributed by atoms with Gasteiger partial charge in [-0.05, 0) is 32.0 Å². The maximum Gasteiger partial charge on any atom is 0.239 e. The molecule has 64 heavy (non-hydrogen) atoms. The van der Waals surface area contributed by atoms with Gasteiger partial charge in [-0.1, -0.05) is 0 Å². The highest BCUT2D eigenvalue weighted by Crippen LogP contribution is 2.41. The molecule has 7 rings (SSSR count). The second-order valence-corrected chi connectivity index (χ2v) is 15.9. The van der Waals surface area contributed by atoms with Crippen molar-refractivity contribution in [1.29, 1.82) is 0 Å². The number of hydrogen-bond donors (Lipinski definition) is 15. The smallest absolute Gasteiger partial charge is 0.239 e. The second-order valence-electron chi connectivity index (χ2n) is 15.9. The summed E-state index contributed by atoms with van der Waals surface area (Å²) in [5.41, 5.74) is -1.83. The minimum atomic E-state index is -2.16. The Morgan fingerprint density at radius 2 is 1.14 bits per heavy atom. The molecule has 20 atom stereocenters. The van der Waals surface area contributed by atoms with Crippen LogP contribution in [0.1, 0.15) is 13.8 Å². The number of aromatic hydroxyl groups is 3. The zero-order chi connectivity index (χ0) is 46.6. The summed E-state index contributed by atoms with van der Waals surface area (Å²) < 4.78 is 51.5. The van der Waals surface area contributed by atoms with E-state index < -0.39 is 181 Å². The summed E-state index contributed by atoms with van der Waals surface area (Å²) in [5, 5.41) is 157. The predicted molar refractivity (Wildman–Crippen MR) is 204 cm³/mol. The highest BCUT2D eigenvalue weighted by molar-refractivity contribution is 5.88. The molecule has 4 saturated heterocycles. The third kappa shape index (κ3) is 9.06. The van der Waals surface area contributed by atoms with Gasteiger partial charge in [0.2, 0.25) is 23.8 Å². The average molecular weight is 919 g/mol. The molecule has 356 valence electrons. The zero-order valence-electron chi connectivity index (χ0n) is 33.6. The third-order valence-corrected chi connectivity index (χ3v) is 11.5. The standard InChI is InChI=1S/C39H50O25/c1-10-21(44)26(49)30(53)36(57-10)56-9-19-24(47)29(52)35(64-38-32(55)28(51)23(46)18(8-40)61-38)39(62-19)63-34-25(48)20-16(43)6-13(59-37-31(54)27(50)22(45)11(2)58-37)7-17(20)60-33(34)12-3-4-14(41)15(42)5-12/h3-7,10-11,18-19,21-24,26-32,35-47,49-55H,8-9H2,1-2H3/t10-,11-,18+,19+,21-,22-,23+,24+,26+,27+,28-,29-,30+,31+,32+,35+,36+,37-,38-,39-/m0/s1. The van der Waals surface area contributed by atoms with Crippen LogP contribution in [-0.4, -0.2) is 213 Å². The Balaban J connectivity index is 1.28. The summed E-state index contributed by atoms with van der Waals surface area (Å²) in [7, 11) is 0. The number of fused-ring (bicyclic) bond motifs is 1. The fourth-order valence-electron chi connectivity index (χ4n) is 7.61. The van der Waals surface area contributed by atoms with Gasteiger partial charge in [0.15, 0.2) is 35.9 Å². The van der Waals surface area contributed by atoms with Gasteiger partial charge < -0.3 is 119 Å². The van der Waals surface area contributed by atoms with Crippen LogP contribution >= 0.6 is 0 Å². The number of phenolic OH excluding ortho intramolecular Hbond substituents is 3. The van der Waals surface area contributed by atoms with Crippen LogP contribution in [0.2, 0.25) is 0 Å². The molecule has 0 saturated carbocycles. The van der Waals surface area contributed by atoms with Crippen molar-refractivity contribution in [1.82, 2.24) is 0 Å². The van der Waals surface area contributed by atoms with Crippen LogP contribution in [0.4, 0.5) is 0 Å². The summed E-state index contributed by atoms with van der Waals surface area (Å²) in [6, 6.07) is 5.07. The van der Waals surface area contributed by atoms with Crippen molar-refractivity contribution >= 4 is 11.0 Å². The molecule has 0 unspecified atom stereocenters. The van der Waals surface area contributed by atoms with Gasteiger partial charge in [0.05, 0.1) is 25.4 Å². The monoisotopic (exact) mass is 918 g/mol. The van der Waals surface area contributed by atoms with Crippen molar-refractivity contribution < 1.29 is 119 Å². The molecule has 4 aliphatic heterocycles. The number of hydrogen-bond acceptors (Lipinski definition) is 25. The normalized spacial score (nSPS) is 40.6. The molecule has 0 amide bonds. The Kier molecular flexibility index (Phi) is 14.2. The van der Waals surface area contributed by atoms with Crippen molar-refractivity contribution in [2.24, 2.45) is 0 Å². The van der Waals surface area contributed by atoms with E-state index >= 15 is 0 Å². The largest absolute Gasteiger partial charge is 0.507 e. The lowest BCUT2D eigenvalue weighted by molar-refractivity contribution is -0.362. The molecule has 25 heteroatoms. The van der Waals surface area contributed by atoms with Crippen molar-refractivity contribution in [3.63, 3.8) is 0 Å². The molecular weight excluding hydrogens is 868 g/mol. The van der Waals surface area contributed by atoms with Gasteiger partial charge in [0.1, 0.15) is 102 Å². The Hall–Kier alpha value is -4.07. The van der Waals surface area contributed by atoms with Gasteiger partial charge in [-0.25, -0.2) is 0 Å². The van der Waals surface area contributed by atoms with E-state index in [4.69, 9.17) is 42.3 Å². The quantitative estimate of drug-likeness (QED) is 0.0798. The first-order chi connectivity index (χ1) is 30.2. The predicted octanol–water partition coefficient (Wildman–Crippen LogP) is -5.36. The summed E-state index contributed by atoms with van der Waals surface area (Å²) >= 11 is 0. The van der Waals surface area contributed by atoms with Crippen LogP contribution in [0, 0.1) is 0 Å². The van der Waals surface area contributed by atoms with Crippen LogP contribution in [-0.2, 0) is 28.4 Å².